The molecule has 0 aliphatic rings. The van der Waals surface area contributed by atoms with Crippen molar-refractivity contribution in [3.63, 3.8) is 0 Å². The quantitative estimate of drug-likeness (QED) is 0.916. The number of rotatable bonds is 5. The largest absolute Gasteiger partial charge is 0.350 e. The third kappa shape index (κ3) is 3.78. The van der Waals surface area contributed by atoms with Gasteiger partial charge in [0.2, 0.25) is 0 Å². The summed E-state index contributed by atoms with van der Waals surface area (Å²) in [5.41, 5.74) is 1.27. The Hall–Kier alpha value is -1.95. The van der Waals surface area contributed by atoms with Gasteiger partial charge in [-0.25, -0.2) is 9.97 Å². The maximum atomic E-state index is 12.1. The van der Waals surface area contributed by atoms with Gasteiger partial charge in [-0.15, -0.1) is 0 Å². The van der Waals surface area contributed by atoms with Crippen LogP contribution < -0.4 is 5.32 Å². The van der Waals surface area contributed by atoms with Crippen LogP contribution >= 0.6 is 11.6 Å². The van der Waals surface area contributed by atoms with Crippen molar-refractivity contribution in [2.45, 2.75) is 26.2 Å². The summed E-state index contributed by atoms with van der Waals surface area (Å²) in [6.45, 7) is 4.43. The SMILES string of the molecule is CC(C)c1ncc(Cl)c(C(=O)NCCc2ccnn2C)n1. The Morgan fingerprint density at radius 3 is 2.86 bits per heavy atom. The van der Waals surface area contributed by atoms with Crippen LogP contribution in [0.25, 0.3) is 0 Å². The van der Waals surface area contributed by atoms with Gasteiger partial charge in [-0.05, 0) is 6.07 Å². The number of aryl methyl sites for hydroxylation is 1. The van der Waals surface area contributed by atoms with Gasteiger partial charge in [-0.1, -0.05) is 25.4 Å². The molecule has 0 spiro atoms. The van der Waals surface area contributed by atoms with Crippen molar-refractivity contribution in [3.05, 3.63) is 40.7 Å². The summed E-state index contributed by atoms with van der Waals surface area (Å²) in [4.78, 5) is 20.5. The number of carbonyl (C=O) groups is 1. The van der Waals surface area contributed by atoms with Gasteiger partial charge >= 0.3 is 0 Å². The predicted molar refractivity (Wildman–Crippen MR) is 80.4 cm³/mol. The van der Waals surface area contributed by atoms with Crippen LogP contribution in [0, 0.1) is 0 Å². The zero-order valence-corrected chi connectivity index (χ0v) is 13.1. The van der Waals surface area contributed by atoms with E-state index in [9.17, 15) is 4.79 Å². The van der Waals surface area contributed by atoms with Gasteiger partial charge in [-0.2, -0.15) is 5.10 Å². The normalized spacial score (nSPS) is 10.9. The Labute approximate surface area is 128 Å². The van der Waals surface area contributed by atoms with Crippen LogP contribution in [-0.4, -0.2) is 32.2 Å². The molecule has 21 heavy (non-hydrogen) atoms. The summed E-state index contributed by atoms with van der Waals surface area (Å²) in [6.07, 6.45) is 3.90. The number of hydrogen-bond donors (Lipinski definition) is 1. The van der Waals surface area contributed by atoms with Gasteiger partial charge in [0.15, 0.2) is 0 Å². The molecule has 6 nitrogen and oxygen atoms in total. The maximum Gasteiger partial charge on any atom is 0.271 e. The molecule has 0 aromatic carbocycles. The second-order valence-electron chi connectivity index (χ2n) is 5.03. The zero-order chi connectivity index (χ0) is 15.4. The van der Waals surface area contributed by atoms with Gasteiger partial charge in [-0.3, -0.25) is 9.48 Å². The van der Waals surface area contributed by atoms with Crippen molar-refractivity contribution in [2.75, 3.05) is 6.54 Å². The van der Waals surface area contributed by atoms with E-state index in [0.717, 1.165) is 5.69 Å². The first-order valence-corrected chi connectivity index (χ1v) is 7.14. The maximum absolute atomic E-state index is 12.1. The Morgan fingerprint density at radius 1 is 1.48 bits per heavy atom. The molecule has 7 heteroatoms. The van der Waals surface area contributed by atoms with E-state index < -0.39 is 0 Å². The molecule has 1 N–H and O–H groups in total. The summed E-state index contributed by atoms with van der Waals surface area (Å²) in [5.74, 6) is 0.464. The second-order valence-corrected chi connectivity index (χ2v) is 5.44. The molecule has 0 atom stereocenters. The van der Waals surface area contributed by atoms with Crippen LogP contribution in [0.2, 0.25) is 5.02 Å². The van der Waals surface area contributed by atoms with Gasteiger partial charge in [0.1, 0.15) is 11.5 Å². The lowest BCUT2D eigenvalue weighted by atomic mass is 10.2. The lowest BCUT2D eigenvalue weighted by molar-refractivity contribution is 0.0948. The first kappa shape index (κ1) is 15.4. The van der Waals surface area contributed by atoms with Crippen LogP contribution in [0.3, 0.4) is 0 Å². The Balaban J connectivity index is 2.00. The highest BCUT2D eigenvalue weighted by Crippen LogP contribution is 2.16. The van der Waals surface area contributed by atoms with Gasteiger partial charge in [0.05, 0.1) is 11.2 Å². The number of aromatic nitrogens is 4. The highest BCUT2D eigenvalue weighted by molar-refractivity contribution is 6.33. The van der Waals surface area contributed by atoms with Crippen LogP contribution in [0.15, 0.2) is 18.5 Å². The van der Waals surface area contributed by atoms with Crippen LogP contribution in [0.1, 0.15) is 41.8 Å². The minimum absolute atomic E-state index is 0.142. The van der Waals surface area contributed by atoms with E-state index in [1.807, 2.05) is 27.0 Å². The molecule has 2 heterocycles. The molecule has 0 aliphatic carbocycles. The third-order valence-electron chi connectivity index (χ3n) is 3.08. The Bertz CT molecular complexity index is 638. The zero-order valence-electron chi connectivity index (χ0n) is 12.3. The standard InChI is InChI=1S/C14H18ClN5O/c1-9(2)13-17-8-11(15)12(19-13)14(21)16-6-4-10-5-7-18-20(10)3/h5,7-9H,4,6H2,1-3H3,(H,16,21). The fourth-order valence-electron chi connectivity index (χ4n) is 1.85. The molecule has 112 valence electrons. The molecule has 0 saturated heterocycles. The number of nitrogens with zero attached hydrogens (tertiary/aromatic N) is 4. The van der Waals surface area contributed by atoms with E-state index >= 15 is 0 Å². The molecule has 2 rings (SSSR count). The van der Waals surface area contributed by atoms with E-state index in [-0.39, 0.29) is 22.5 Å². The lowest BCUT2D eigenvalue weighted by Gasteiger charge is -2.09. The lowest BCUT2D eigenvalue weighted by Crippen LogP contribution is -2.28. The minimum atomic E-state index is -0.286. The number of hydrogen-bond acceptors (Lipinski definition) is 4. The molecule has 0 fully saturated rings. The fraction of sp³-hybridized carbons (Fsp3) is 0.429. The summed E-state index contributed by atoms with van der Waals surface area (Å²) >= 11 is 6.00. The average molecular weight is 308 g/mol. The van der Waals surface area contributed by atoms with E-state index in [2.05, 4.69) is 20.4 Å². The van der Waals surface area contributed by atoms with E-state index in [0.29, 0.717) is 18.8 Å². The first-order valence-electron chi connectivity index (χ1n) is 6.76. The topological polar surface area (TPSA) is 72.7 Å². The molecule has 1 amide bonds. The molecule has 0 radical (unpaired) electrons. The summed E-state index contributed by atoms with van der Waals surface area (Å²) < 4.78 is 1.78. The summed E-state index contributed by atoms with van der Waals surface area (Å²) in [6, 6.07) is 1.92. The van der Waals surface area contributed by atoms with E-state index in [1.165, 1.54) is 6.20 Å². The Kier molecular flexibility index (Phi) is 4.90. The van der Waals surface area contributed by atoms with Crippen LogP contribution in [0.4, 0.5) is 0 Å². The smallest absolute Gasteiger partial charge is 0.271 e. The van der Waals surface area contributed by atoms with Crippen molar-refractivity contribution in [2.24, 2.45) is 7.05 Å². The molecule has 0 aliphatic heterocycles. The minimum Gasteiger partial charge on any atom is -0.350 e. The Morgan fingerprint density at radius 2 is 2.24 bits per heavy atom. The van der Waals surface area contributed by atoms with Crippen molar-refractivity contribution >= 4 is 17.5 Å². The third-order valence-corrected chi connectivity index (χ3v) is 3.36. The van der Waals surface area contributed by atoms with E-state index in [1.54, 1.807) is 10.9 Å². The van der Waals surface area contributed by atoms with E-state index in [4.69, 9.17) is 11.6 Å². The number of halogens is 1. The molecule has 0 bridgehead atoms. The van der Waals surface area contributed by atoms with Crippen LogP contribution in [0.5, 0.6) is 0 Å². The molecule has 0 saturated carbocycles. The predicted octanol–water partition coefficient (Wildman–Crippen LogP) is 1.96. The fourth-order valence-corrected chi connectivity index (χ4v) is 2.03. The molecule has 0 unspecified atom stereocenters. The number of nitrogens with one attached hydrogen (secondary N) is 1. The van der Waals surface area contributed by atoms with Crippen LogP contribution in [-0.2, 0) is 13.5 Å². The molecular formula is C14H18ClN5O. The monoisotopic (exact) mass is 307 g/mol. The van der Waals surface area contributed by atoms with Crippen molar-refractivity contribution < 1.29 is 4.79 Å². The van der Waals surface area contributed by atoms with Gasteiger partial charge < -0.3 is 5.32 Å². The second kappa shape index (κ2) is 6.67. The van der Waals surface area contributed by atoms with Crippen molar-refractivity contribution in [1.29, 1.82) is 0 Å². The molecule has 2 aromatic heterocycles. The highest BCUT2D eigenvalue weighted by atomic mass is 35.5. The average Bonchev–Trinajstić information content (AvgIpc) is 2.84. The highest BCUT2D eigenvalue weighted by Gasteiger charge is 2.15. The van der Waals surface area contributed by atoms with Crippen molar-refractivity contribution in [1.82, 2.24) is 25.1 Å². The molecule has 2 aromatic rings. The first-order chi connectivity index (χ1) is 9.99. The summed E-state index contributed by atoms with van der Waals surface area (Å²) in [5, 5.41) is 7.16. The van der Waals surface area contributed by atoms with Gasteiger partial charge in [0, 0.05) is 37.8 Å². The number of amides is 1. The number of carbonyl (C=O) groups excluding carboxylic acids is 1. The van der Waals surface area contributed by atoms with Crippen molar-refractivity contribution in [3.8, 4) is 0 Å². The summed E-state index contributed by atoms with van der Waals surface area (Å²) in [7, 11) is 1.87. The molecular weight excluding hydrogens is 290 g/mol. The van der Waals surface area contributed by atoms with Gasteiger partial charge in [0.25, 0.3) is 5.91 Å².